The molecular weight excluding hydrogens is 875 g/mol. The van der Waals surface area contributed by atoms with Crippen LogP contribution >= 0.6 is 0 Å². The number of ether oxygens (including phenoxy) is 1. The zero-order valence-corrected chi connectivity index (χ0v) is 47.7. The molecule has 0 aromatic heterocycles. The molecule has 1 amide bonds. The van der Waals surface area contributed by atoms with Crippen LogP contribution < -0.4 is 5.32 Å². The van der Waals surface area contributed by atoms with Crippen LogP contribution in [0.1, 0.15) is 341 Å². The first-order valence-corrected chi connectivity index (χ1v) is 31.8. The van der Waals surface area contributed by atoms with Gasteiger partial charge < -0.3 is 20.3 Å². The minimum atomic E-state index is -0.848. The van der Waals surface area contributed by atoms with Crippen LogP contribution in [0.25, 0.3) is 0 Å². The molecule has 0 heterocycles. The highest BCUT2D eigenvalue weighted by atomic mass is 16.5. The van der Waals surface area contributed by atoms with Gasteiger partial charge in [-0.3, -0.25) is 9.59 Å². The quantitative estimate of drug-likeness (QED) is 0.0321. The van der Waals surface area contributed by atoms with E-state index in [1.807, 2.05) is 6.08 Å². The van der Waals surface area contributed by atoms with Gasteiger partial charge in [0.2, 0.25) is 5.91 Å². The molecule has 0 aliphatic carbocycles. The SMILES string of the molecule is CCCC/C=C\C/C=C\CCCCCCCC(=O)OCCCCCCCCCCCCCCCCCCCCCC(=O)NC(CO)C(O)/C=C/CCCCCCCCCCCCCCCCCCCCC. The standard InChI is InChI=1S/C65H123NO5/c1-3-5-7-9-11-13-15-17-19-20-21-22-24-27-30-33-37-41-45-49-53-57-63(68)62(61-67)66-64(69)58-54-50-46-42-38-34-31-28-25-23-26-29-32-36-40-44-48-52-56-60-71-65(70)59-55-51-47-43-39-35-18-16-14-12-10-8-6-4-2/h10,12,16,18,53,57,62-63,67-68H,3-9,11,13-15,17,19-52,54-56,58-61H2,1-2H3,(H,66,69)/b12-10-,18-16-,57-53+. The summed E-state index contributed by atoms with van der Waals surface area (Å²) in [5, 5.41) is 23.2. The van der Waals surface area contributed by atoms with Crippen molar-refractivity contribution in [1.29, 1.82) is 0 Å². The lowest BCUT2D eigenvalue weighted by Gasteiger charge is -2.20. The van der Waals surface area contributed by atoms with Gasteiger partial charge in [0.15, 0.2) is 0 Å². The molecule has 0 aromatic rings. The molecule has 0 rings (SSSR count). The van der Waals surface area contributed by atoms with E-state index in [2.05, 4.69) is 43.5 Å². The highest BCUT2D eigenvalue weighted by Crippen LogP contribution is 2.18. The van der Waals surface area contributed by atoms with Gasteiger partial charge in [-0.15, -0.1) is 0 Å². The lowest BCUT2D eigenvalue weighted by atomic mass is 10.0. The van der Waals surface area contributed by atoms with Crippen molar-refractivity contribution in [1.82, 2.24) is 5.32 Å². The number of aliphatic hydroxyl groups is 2. The van der Waals surface area contributed by atoms with Crippen LogP contribution in [0.5, 0.6) is 0 Å². The molecule has 0 bridgehead atoms. The maximum Gasteiger partial charge on any atom is 0.305 e. The van der Waals surface area contributed by atoms with Gasteiger partial charge in [0, 0.05) is 12.8 Å². The highest BCUT2D eigenvalue weighted by Gasteiger charge is 2.18. The lowest BCUT2D eigenvalue weighted by molar-refractivity contribution is -0.143. The Morgan fingerprint density at radius 2 is 0.718 bits per heavy atom. The number of allylic oxidation sites excluding steroid dienone is 5. The van der Waals surface area contributed by atoms with Crippen molar-refractivity contribution in [3.63, 3.8) is 0 Å². The van der Waals surface area contributed by atoms with Gasteiger partial charge in [0.05, 0.1) is 25.4 Å². The average Bonchev–Trinajstić information content (AvgIpc) is 3.37. The third-order valence-electron chi connectivity index (χ3n) is 14.7. The van der Waals surface area contributed by atoms with Crippen molar-refractivity contribution >= 4 is 11.9 Å². The van der Waals surface area contributed by atoms with E-state index in [0.717, 1.165) is 51.4 Å². The Morgan fingerprint density at radius 3 is 1.11 bits per heavy atom. The number of nitrogens with one attached hydrogen (secondary N) is 1. The first-order chi connectivity index (χ1) is 35.0. The second kappa shape index (κ2) is 60.6. The lowest BCUT2D eigenvalue weighted by Crippen LogP contribution is -2.45. The minimum Gasteiger partial charge on any atom is -0.466 e. The van der Waals surface area contributed by atoms with Gasteiger partial charge in [-0.1, -0.05) is 307 Å². The van der Waals surface area contributed by atoms with E-state index >= 15 is 0 Å². The Bertz CT molecular complexity index is 1150. The molecule has 0 saturated heterocycles. The third-order valence-corrected chi connectivity index (χ3v) is 14.7. The van der Waals surface area contributed by atoms with Crippen molar-refractivity contribution in [2.45, 2.75) is 353 Å². The summed E-state index contributed by atoms with van der Waals surface area (Å²) in [6, 6.07) is -0.632. The van der Waals surface area contributed by atoms with Crippen LogP contribution in [-0.4, -0.2) is 47.4 Å². The van der Waals surface area contributed by atoms with Gasteiger partial charge in [-0.05, 0) is 57.8 Å². The van der Waals surface area contributed by atoms with Crippen molar-refractivity contribution in [2.75, 3.05) is 13.2 Å². The van der Waals surface area contributed by atoms with E-state index in [1.165, 1.54) is 263 Å². The van der Waals surface area contributed by atoms with Gasteiger partial charge in [-0.2, -0.15) is 0 Å². The fourth-order valence-electron chi connectivity index (χ4n) is 9.77. The van der Waals surface area contributed by atoms with Crippen molar-refractivity contribution in [3.05, 3.63) is 36.5 Å². The number of aliphatic hydroxyl groups excluding tert-OH is 2. The maximum absolute atomic E-state index is 12.5. The van der Waals surface area contributed by atoms with E-state index < -0.39 is 12.1 Å². The Kier molecular flexibility index (Phi) is 59.0. The van der Waals surface area contributed by atoms with Crippen molar-refractivity contribution < 1.29 is 24.5 Å². The molecule has 0 fully saturated rings. The van der Waals surface area contributed by atoms with Crippen LogP contribution in [0.3, 0.4) is 0 Å². The van der Waals surface area contributed by atoms with Gasteiger partial charge >= 0.3 is 5.97 Å². The monoisotopic (exact) mass is 998 g/mol. The molecule has 0 spiro atoms. The summed E-state index contributed by atoms with van der Waals surface area (Å²) in [6.45, 7) is 4.87. The molecule has 0 saturated carbocycles. The number of carbonyl (C=O) groups is 2. The fraction of sp³-hybridized carbons (Fsp3) is 0.877. The average molecular weight is 999 g/mol. The molecular formula is C65H123NO5. The molecule has 0 aliphatic rings. The molecule has 0 radical (unpaired) electrons. The summed E-state index contributed by atoms with van der Waals surface area (Å²) >= 11 is 0. The van der Waals surface area contributed by atoms with E-state index in [0.29, 0.717) is 19.4 Å². The van der Waals surface area contributed by atoms with Gasteiger partial charge in [0.25, 0.3) is 0 Å². The van der Waals surface area contributed by atoms with Crippen LogP contribution in [0, 0.1) is 0 Å². The molecule has 71 heavy (non-hydrogen) atoms. The largest absolute Gasteiger partial charge is 0.466 e. The number of carbonyl (C=O) groups excluding carboxylic acids is 2. The summed E-state index contributed by atoms with van der Waals surface area (Å²) in [5.41, 5.74) is 0. The maximum atomic E-state index is 12.5. The van der Waals surface area contributed by atoms with Crippen LogP contribution in [0.15, 0.2) is 36.5 Å². The molecule has 418 valence electrons. The number of rotatable bonds is 59. The predicted octanol–water partition coefficient (Wildman–Crippen LogP) is 20.0. The molecule has 0 aliphatic heterocycles. The van der Waals surface area contributed by atoms with Crippen LogP contribution in [-0.2, 0) is 14.3 Å². The molecule has 6 heteroatoms. The third kappa shape index (κ3) is 57.2. The van der Waals surface area contributed by atoms with Crippen molar-refractivity contribution in [2.24, 2.45) is 0 Å². The second-order valence-corrected chi connectivity index (χ2v) is 21.7. The summed E-state index contributed by atoms with van der Waals surface area (Å²) in [5.74, 6) is -0.0745. The Labute approximate surface area is 443 Å². The first-order valence-electron chi connectivity index (χ1n) is 31.8. The zero-order chi connectivity index (χ0) is 51.4. The first kappa shape index (κ1) is 69.1. The predicted molar refractivity (Wildman–Crippen MR) is 310 cm³/mol. The fourth-order valence-corrected chi connectivity index (χ4v) is 9.77. The van der Waals surface area contributed by atoms with E-state index in [9.17, 15) is 19.8 Å². The van der Waals surface area contributed by atoms with Crippen LogP contribution in [0.4, 0.5) is 0 Å². The highest BCUT2D eigenvalue weighted by molar-refractivity contribution is 5.76. The molecule has 6 nitrogen and oxygen atoms in total. The van der Waals surface area contributed by atoms with Gasteiger partial charge in [0.1, 0.15) is 0 Å². The minimum absolute atomic E-state index is 0.00605. The van der Waals surface area contributed by atoms with Crippen LogP contribution in [0.2, 0.25) is 0 Å². The number of hydrogen-bond acceptors (Lipinski definition) is 5. The zero-order valence-electron chi connectivity index (χ0n) is 47.7. The summed E-state index contributed by atoms with van der Waals surface area (Å²) in [6.07, 6.45) is 76.1. The Hall–Kier alpha value is -1.92. The number of unbranched alkanes of at least 4 members (excludes halogenated alkanes) is 44. The van der Waals surface area contributed by atoms with E-state index in [-0.39, 0.29) is 18.5 Å². The number of hydrogen-bond donors (Lipinski definition) is 3. The number of amides is 1. The second-order valence-electron chi connectivity index (χ2n) is 21.7. The van der Waals surface area contributed by atoms with E-state index in [1.54, 1.807) is 6.08 Å². The smallest absolute Gasteiger partial charge is 0.305 e. The Balaban J connectivity index is 3.44. The summed E-state index contributed by atoms with van der Waals surface area (Å²) in [7, 11) is 0. The molecule has 3 N–H and O–H groups in total. The van der Waals surface area contributed by atoms with Crippen molar-refractivity contribution in [3.8, 4) is 0 Å². The van der Waals surface area contributed by atoms with Gasteiger partial charge in [-0.25, -0.2) is 0 Å². The normalized spacial score (nSPS) is 12.8. The Morgan fingerprint density at radius 1 is 0.394 bits per heavy atom. The topological polar surface area (TPSA) is 95.9 Å². The molecule has 0 aromatic carbocycles. The summed E-state index contributed by atoms with van der Waals surface area (Å²) < 4.78 is 5.47. The number of esters is 1. The van der Waals surface area contributed by atoms with E-state index in [4.69, 9.17) is 4.74 Å². The molecule has 2 unspecified atom stereocenters. The summed E-state index contributed by atoms with van der Waals surface area (Å²) in [4.78, 5) is 24.5. The molecule has 2 atom stereocenters.